The highest BCUT2D eigenvalue weighted by molar-refractivity contribution is 5.64. The van der Waals surface area contributed by atoms with Gasteiger partial charge >= 0.3 is 0 Å². The molecule has 1 aliphatic heterocycles. The lowest BCUT2D eigenvalue weighted by atomic mass is 9.80. The Kier molecular flexibility index (Phi) is 1.43. The lowest BCUT2D eigenvalue weighted by Crippen LogP contribution is -2.21. The number of rotatable bonds is 0. The minimum absolute atomic E-state index is 0.307. The average molecular weight is 123 g/mol. The number of nitrogens with zero attached hydrogens (tertiary/aromatic N) is 1. The van der Waals surface area contributed by atoms with E-state index in [1.54, 1.807) is 0 Å². The first-order valence-electron chi connectivity index (χ1n) is 3.34. The maximum absolute atomic E-state index is 4.05. The monoisotopic (exact) mass is 123 g/mol. The Morgan fingerprint density at radius 1 is 1.44 bits per heavy atom. The summed E-state index contributed by atoms with van der Waals surface area (Å²) in [6.45, 7) is 6.63. The van der Waals surface area contributed by atoms with Crippen LogP contribution in [0, 0.1) is 11.3 Å². The van der Waals surface area contributed by atoms with Crippen LogP contribution in [0.4, 0.5) is 0 Å². The van der Waals surface area contributed by atoms with Gasteiger partial charge in [0.05, 0.1) is 0 Å². The molecule has 0 aromatic heterocycles. The Hall–Kier alpha value is -0.590. The van der Waals surface area contributed by atoms with Gasteiger partial charge in [-0.3, -0.25) is 4.99 Å². The third kappa shape index (κ3) is 1.21. The lowest BCUT2D eigenvalue weighted by molar-refractivity contribution is 0.390. The first-order valence-corrected chi connectivity index (χ1v) is 3.34. The van der Waals surface area contributed by atoms with Crippen molar-refractivity contribution in [1.29, 1.82) is 0 Å². The average Bonchev–Trinajstić information content (AvgIpc) is 1.77. The van der Waals surface area contributed by atoms with Crippen LogP contribution in [0.15, 0.2) is 17.3 Å². The van der Waals surface area contributed by atoms with E-state index in [-0.39, 0.29) is 0 Å². The standard InChI is InChI=1S/C8H13N/c1-7-6-9-5-4-8(7,2)3/h4-7H,1-3H3. The minimum atomic E-state index is 0.307. The van der Waals surface area contributed by atoms with Gasteiger partial charge < -0.3 is 0 Å². The molecule has 1 unspecified atom stereocenters. The summed E-state index contributed by atoms with van der Waals surface area (Å²) in [5, 5.41) is 0. The Bertz CT molecular complexity index is 154. The Morgan fingerprint density at radius 3 is 2.44 bits per heavy atom. The van der Waals surface area contributed by atoms with Crippen LogP contribution in [0.5, 0.6) is 0 Å². The van der Waals surface area contributed by atoms with Crippen molar-refractivity contribution in [3.63, 3.8) is 0 Å². The summed E-state index contributed by atoms with van der Waals surface area (Å²) in [4.78, 5) is 4.05. The second-order valence-electron chi connectivity index (χ2n) is 3.22. The van der Waals surface area contributed by atoms with Gasteiger partial charge in [-0.25, -0.2) is 0 Å². The molecule has 0 amide bonds. The van der Waals surface area contributed by atoms with E-state index in [1.807, 2.05) is 12.4 Å². The molecule has 50 valence electrons. The molecular formula is C8H13N. The first-order chi connectivity index (χ1) is 4.13. The van der Waals surface area contributed by atoms with Crippen molar-refractivity contribution in [3.05, 3.63) is 12.3 Å². The molecule has 0 bridgehead atoms. The first kappa shape index (κ1) is 6.53. The van der Waals surface area contributed by atoms with Crippen LogP contribution in [0.2, 0.25) is 0 Å². The van der Waals surface area contributed by atoms with Crippen LogP contribution in [0.1, 0.15) is 20.8 Å². The second kappa shape index (κ2) is 1.98. The Balaban J connectivity index is 2.78. The SMILES string of the molecule is CC1C=NC=CC1(C)C. The van der Waals surface area contributed by atoms with Crippen molar-refractivity contribution in [2.75, 3.05) is 0 Å². The number of aliphatic imine (C=N–C) groups is 1. The second-order valence-corrected chi connectivity index (χ2v) is 3.22. The zero-order valence-corrected chi connectivity index (χ0v) is 6.26. The highest BCUT2D eigenvalue weighted by atomic mass is 14.7. The molecule has 0 spiro atoms. The van der Waals surface area contributed by atoms with Gasteiger partial charge in [-0.05, 0) is 5.41 Å². The molecule has 1 nitrogen and oxygen atoms in total. The number of allylic oxidation sites excluding steroid dienone is 1. The van der Waals surface area contributed by atoms with Crippen molar-refractivity contribution < 1.29 is 0 Å². The maximum Gasteiger partial charge on any atom is 0.0229 e. The van der Waals surface area contributed by atoms with Gasteiger partial charge in [0.25, 0.3) is 0 Å². The molecule has 1 heterocycles. The van der Waals surface area contributed by atoms with Crippen LogP contribution < -0.4 is 0 Å². The predicted octanol–water partition coefficient (Wildman–Crippen LogP) is 2.25. The zero-order chi connectivity index (χ0) is 6.91. The maximum atomic E-state index is 4.05. The molecule has 1 heteroatoms. The normalized spacial score (nSPS) is 30.8. The molecule has 0 aromatic carbocycles. The molecule has 0 saturated heterocycles. The summed E-state index contributed by atoms with van der Waals surface area (Å²) in [5.74, 6) is 0.572. The molecule has 0 aromatic rings. The number of hydrogen-bond donors (Lipinski definition) is 0. The van der Waals surface area contributed by atoms with Crippen molar-refractivity contribution in [2.45, 2.75) is 20.8 Å². The molecular weight excluding hydrogens is 110 g/mol. The van der Waals surface area contributed by atoms with Gasteiger partial charge in [0.15, 0.2) is 0 Å². The molecule has 0 fully saturated rings. The topological polar surface area (TPSA) is 12.4 Å². The number of hydrogen-bond acceptors (Lipinski definition) is 1. The fourth-order valence-corrected chi connectivity index (χ4v) is 0.758. The van der Waals surface area contributed by atoms with Gasteiger partial charge in [-0.15, -0.1) is 0 Å². The van der Waals surface area contributed by atoms with E-state index in [9.17, 15) is 0 Å². The summed E-state index contributed by atoms with van der Waals surface area (Å²) in [5.41, 5.74) is 0.307. The highest BCUT2D eigenvalue weighted by Gasteiger charge is 2.22. The van der Waals surface area contributed by atoms with Gasteiger partial charge in [0.2, 0.25) is 0 Å². The Labute approximate surface area is 56.5 Å². The molecule has 1 aliphatic rings. The van der Waals surface area contributed by atoms with Crippen LogP contribution in [0.25, 0.3) is 0 Å². The van der Waals surface area contributed by atoms with Crippen LogP contribution in [-0.2, 0) is 0 Å². The van der Waals surface area contributed by atoms with Crippen LogP contribution >= 0.6 is 0 Å². The van der Waals surface area contributed by atoms with Gasteiger partial charge in [-0.2, -0.15) is 0 Å². The predicted molar refractivity (Wildman–Crippen MR) is 40.6 cm³/mol. The van der Waals surface area contributed by atoms with Crippen molar-refractivity contribution in [3.8, 4) is 0 Å². The fourth-order valence-electron chi connectivity index (χ4n) is 0.758. The third-order valence-electron chi connectivity index (χ3n) is 2.07. The zero-order valence-electron chi connectivity index (χ0n) is 6.26. The molecule has 0 aliphatic carbocycles. The minimum Gasteiger partial charge on any atom is -0.269 e. The highest BCUT2D eigenvalue weighted by Crippen LogP contribution is 2.28. The van der Waals surface area contributed by atoms with Crippen LogP contribution in [0.3, 0.4) is 0 Å². The molecule has 1 rings (SSSR count). The summed E-state index contributed by atoms with van der Waals surface area (Å²) in [6, 6.07) is 0. The molecule has 9 heavy (non-hydrogen) atoms. The summed E-state index contributed by atoms with van der Waals surface area (Å²) in [7, 11) is 0. The molecule has 1 atom stereocenters. The van der Waals surface area contributed by atoms with E-state index in [1.165, 1.54) is 0 Å². The quantitative estimate of drug-likeness (QED) is 0.468. The molecule has 0 radical (unpaired) electrons. The third-order valence-corrected chi connectivity index (χ3v) is 2.07. The smallest absolute Gasteiger partial charge is 0.0229 e. The van der Waals surface area contributed by atoms with Crippen LogP contribution in [-0.4, -0.2) is 6.21 Å². The lowest BCUT2D eigenvalue weighted by Gasteiger charge is -2.26. The van der Waals surface area contributed by atoms with Crippen molar-refractivity contribution in [1.82, 2.24) is 0 Å². The molecule has 0 N–H and O–H groups in total. The summed E-state index contributed by atoms with van der Waals surface area (Å²) in [6.07, 6.45) is 6.03. The van der Waals surface area contributed by atoms with Crippen molar-refractivity contribution in [2.24, 2.45) is 16.3 Å². The van der Waals surface area contributed by atoms with E-state index in [2.05, 4.69) is 31.8 Å². The van der Waals surface area contributed by atoms with Gasteiger partial charge in [0, 0.05) is 18.3 Å². The Morgan fingerprint density at radius 2 is 2.11 bits per heavy atom. The largest absolute Gasteiger partial charge is 0.269 e. The van der Waals surface area contributed by atoms with E-state index >= 15 is 0 Å². The summed E-state index contributed by atoms with van der Waals surface area (Å²) < 4.78 is 0. The van der Waals surface area contributed by atoms with Gasteiger partial charge in [0.1, 0.15) is 0 Å². The van der Waals surface area contributed by atoms with Crippen molar-refractivity contribution >= 4 is 6.21 Å². The van der Waals surface area contributed by atoms with E-state index < -0.39 is 0 Å². The fraction of sp³-hybridized carbons (Fsp3) is 0.625. The van der Waals surface area contributed by atoms with Gasteiger partial charge in [-0.1, -0.05) is 26.8 Å². The summed E-state index contributed by atoms with van der Waals surface area (Å²) >= 11 is 0. The van der Waals surface area contributed by atoms with E-state index in [4.69, 9.17) is 0 Å². The van der Waals surface area contributed by atoms with E-state index in [0.29, 0.717) is 11.3 Å². The van der Waals surface area contributed by atoms with E-state index in [0.717, 1.165) is 0 Å². The molecule has 0 saturated carbocycles.